The number of nitrogen functional groups attached to an aromatic ring is 1. The molecule has 0 aliphatic heterocycles. The molecule has 0 aliphatic carbocycles. The average Bonchev–Trinajstić information content (AvgIpc) is 2.38. The molecule has 0 bridgehead atoms. The molecule has 0 saturated heterocycles. The van der Waals surface area contributed by atoms with Gasteiger partial charge in [0.1, 0.15) is 0 Å². The number of nitrogens with one attached hydrogen (secondary N) is 1. The van der Waals surface area contributed by atoms with Crippen LogP contribution >= 0.6 is 27.5 Å². The molecule has 1 atom stereocenters. The molecule has 20 heavy (non-hydrogen) atoms. The van der Waals surface area contributed by atoms with Crippen molar-refractivity contribution >= 4 is 39.1 Å². The number of hydrogen-bond acceptors (Lipinski definition) is 2. The van der Waals surface area contributed by atoms with Crippen molar-refractivity contribution in [2.75, 3.05) is 5.73 Å². The Balaban J connectivity index is 2.15. The largest absolute Gasteiger partial charge is 0.398 e. The van der Waals surface area contributed by atoms with E-state index in [1.807, 2.05) is 25.1 Å². The molecule has 0 saturated carbocycles. The van der Waals surface area contributed by atoms with Crippen molar-refractivity contribution in [1.29, 1.82) is 0 Å². The number of amides is 1. The Morgan fingerprint density at radius 3 is 2.70 bits per heavy atom. The Morgan fingerprint density at radius 1 is 1.30 bits per heavy atom. The van der Waals surface area contributed by atoms with Crippen LogP contribution in [-0.2, 0) is 0 Å². The second-order valence-corrected chi connectivity index (χ2v) is 5.83. The van der Waals surface area contributed by atoms with Crippen LogP contribution in [0.25, 0.3) is 0 Å². The molecule has 0 aliphatic rings. The van der Waals surface area contributed by atoms with Gasteiger partial charge in [-0.1, -0.05) is 39.7 Å². The summed E-state index contributed by atoms with van der Waals surface area (Å²) in [7, 11) is 0. The highest BCUT2D eigenvalue weighted by Gasteiger charge is 2.14. The first kappa shape index (κ1) is 14.9. The lowest BCUT2D eigenvalue weighted by Crippen LogP contribution is -2.27. The lowest BCUT2D eigenvalue weighted by atomic mass is 10.1. The second kappa shape index (κ2) is 6.29. The predicted molar refractivity (Wildman–Crippen MR) is 85.9 cm³/mol. The molecule has 0 spiro atoms. The van der Waals surface area contributed by atoms with Gasteiger partial charge in [0.05, 0.1) is 11.6 Å². The predicted octanol–water partition coefficient (Wildman–Crippen LogP) is 4.18. The van der Waals surface area contributed by atoms with Crippen molar-refractivity contribution in [2.24, 2.45) is 0 Å². The third-order valence-electron chi connectivity index (χ3n) is 2.95. The third kappa shape index (κ3) is 3.52. The molecular formula is C15H14BrClN2O. The minimum atomic E-state index is -0.206. The van der Waals surface area contributed by atoms with Gasteiger partial charge in [-0.2, -0.15) is 0 Å². The molecule has 0 fully saturated rings. The van der Waals surface area contributed by atoms with Crippen LogP contribution in [-0.4, -0.2) is 5.91 Å². The number of hydrogen-bond donors (Lipinski definition) is 2. The van der Waals surface area contributed by atoms with Gasteiger partial charge in [-0.25, -0.2) is 0 Å². The summed E-state index contributed by atoms with van der Waals surface area (Å²) in [5.74, 6) is -0.206. The van der Waals surface area contributed by atoms with E-state index in [2.05, 4.69) is 21.2 Å². The molecule has 1 amide bonds. The Bertz CT molecular complexity index is 646. The lowest BCUT2D eigenvalue weighted by Gasteiger charge is -2.15. The number of anilines is 1. The van der Waals surface area contributed by atoms with Crippen molar-refractivity contribution in [3.63, 3.8) is 0 Å². The summed E-state index contributed by atoms with van der Waals surface area (Å²) in [6, 6.07) is 12.4. The highest BCUT2D eigenvalue weighted by Crippen LogP contribution is 2.21. The third-order valence-corrected chi connectivity index (χ3v) is 3.68. The van der Waals surface area contributed by atoms with Crippen LogP contribution in [0, 0.1) is 0 Å². The fourth-order valence-corrected chi connectivity index (χ4v) is 2.45. The highest BCUT2D eigenvalue weighted by molar-refractivity contribution is 9.10. The van der Waals surface area contributed by atoms with Gasteiger partial charge in [0.2, 0.25) is 0 Å². The van der Waals surface area contributed by atoms with Gasteiger partial charge < -0.3 is 11.1 Å². The van der Waals surface area contributed by atoms with Gasteiger partial charge in [0.15, 0.2) is 0 Å². The molecule has 2 rings (SSSR count). The molecule has 2 aromatic carbocycles. The number of carbonyl (C=O) groups is 1. The first-order valence-corrected chi connectivity index (χ1v) is 7.26. The summed E-state index contributed by atoms with van der Waals surface area (Å²) in [4.78, 5) is 12.2. The van der Waals surface area contributed by atoms with Crippen LogP contribution in [0.1, 0.15) is 28.9 Å². The summed E-state index contributed by atoms with van der Waals surface area (Å²) in [5.41, 5.74) is 7.69. The fourth-order valence-electron chi connectivity index (χ4n) is 1.87. The van der Waals surface area contributed by atoms with Crippen LogP contribution in [0.2, 0.25) is 5.02 Å². The van der Waals surface area contributed by atoms with E-state index in [0.717, 1.165) is 10.0 Å². The normalized spacial score (nSPS) is 11.9. The number of halogens is 2. The summed E-state index contributed by atoms with van der Waals surface area (Å²) in [5, 5.41) is 3.55. The zero-order valence-corrected chi connectivity index (χ0v) is 13.2. The molecular weight excluding hydrogens is 340 g/mol. The molecule has 0 radical (unpaired) electrons. The van der Waals surface area contributed by atoms with Crippen molar-refractivity contribution in [2.45, 2.75) is 13.0 Å². The quantitative estimate of drug-likeness (QED) is 0.813. The topological polar surface area (TPSA) is 55.1 Å². The zero-order chi connectivity index (χ0) is 14.7. The van der Waals surface area contributed by atoms with E-state index in [0.29, 0.717) is 16.3 Å². The summed E-state index contributed by atoms with van der Waals surface area (Å²) < 4.78 is 0.842. The highest BCUT2D eigenvalue weighted by atomic mass is 79.9. The van der Waals surface area contributed by atoms with Gasteiger partial charge in [-0.3, -0.25) is 4.79 Å². The number of benzene rings is 2. The van der Waals surface area contributed by atoms with Crippen LogP contribution in [0.15, 0.2) is 46.9 Å². The fraction of sp³-hybridized carbons (Fsp3) is 0.133. The van der Waals surface area contributed by atoms with Crippen molar-refractivity contribution in [3.05, 3.63) is 63.1 Å². The Hall–Kier alpha value is -1.52. The van der Waals surface area contributed by atoms with Gasteiger partial charge in [-0.15, -0.1) is 0 Å². The maximum Gasteiger partial charge on any atom is 0.253 e. The van der Waals surface area contributed by atoms with Gasteiger partial charge in [0, 0.05) is 15.2 Å². The average molecular weight is 354 g/mol. The molecule has 3 N–H and O–H groups in total. The maximum absolute atomic E-state index is 12.2. The summed E-state index contributed by atoms with van der Waals surface area (Å²) in [6.07, 6.45) is 0. The Kier molecular flexibility index (Phi) is 4.68. The number of nitrogens with two attached hydrogens (primary N) is 1. The first-order valence-electron chi connectivity index (χ1n) is 6.08. The van der Waals surface area contributed by atoms with Gasteiger partial charge in [0.25, 0.3) is 5.91 Å². The van der Waals surface area contributed by atoms with Gasteiger partial charge in [-0.05, 0) is 42.8 Å². The van der Waals surface area contributed by atoms with Crippen LogP contribution in [0.4, 0.5) is 5.69 Å². The van der Waals surface area contributed by atoms with Crippen molar-refractivity contribution in [3.8, 4) is 0 Å². The molecule has 1 unspecified atom stereocenters. The molecule has 5 heteroatoms. The Morgan fingerprint density at radius 2 is 2.05 bits per heavy atom. The molecule has 0 aromatic heterocycles. The monoisotopic (exact) mass is 352 g/mol. The molecule has 104 valence electrons. The van der Waals surface area contributed by atoms with Crippen LogP contribution in [0.5, 0.6) is 0 Å². The number of carbonyl (C=O) groups excluding carboxylic acids is 1. The maximum atomic E-state index is 12.2. The minimum Gasteiger partial charge on any atom is -0.398 e. The van der Waals surface area contributed by atoms with E-state index in [1.54, 1.807) is 24.3 Å². The Labute approximate surface area is 131 Å². The van der Waals surface area contributed by atoms with Crippen molar-refractivity contribution in [1.82, 2.24) is 5.32 Å². The molecule has 3 nitrogen and oxygen atoms in total. The first-order chi connectivity index (χ1) is 9.47. The lowest BCUT2D eigenvalue weighted by molar-refractivity contribution is 0.0941. The molecule has 2 aromatic rings. The van der Waals surface area contributed by atoms with E-state index in [1.165, 1.54) is 0 Å². The summed E-state index contributed by atoms with van der Waals surface area (Å²) >= 11 is 9.26. The van der Waals surface area contributed by atoms with Gasteiger partial charge >= 0.3 is 0 Å². The van der Waals surface area contributed by atoms with Crippen molar-refractivity contribution < 1.29 is 4.79 Å². The van der Waals surface area contributed by atoms with E-state index >= 15 is 0 Å². The SMILES string of the molecule is CC(NC(=O)c1ccc(Br)cc1N)c1cccc(Cl)c1. The van der Waals surface area contributed by atoms with E-state index in [-0.39, 0.29) is 11.9 Å². The molecule has 0 heterocycles. The van der Waals surface area contributed by atoms with Crippen LogP contribution in [0.3, 0.4) is 0 Å². The number of rotatable bonds is 3. The minimum absolute atomic E-state index is 0.149. The standard InChI is InChI=1S/C15H14BrClN2O/c1-9(10-3-2-4-12(17)7-10)19-15(20)13-6-5-11(16)8-14(13)18/h2-9H,18H2,1H3,(H,19,20). The smallest absolute Gasteiger partial charge is 0.253 e. The summed E-state index contributed by atoms with van der Waals surface area (Å²) in [6.45, 7) is 1.90. The van der Waals surface area contributed by atoms with E-state index < -0.39 is 0 Å². The zero-order valence-electron chi connectivity index (χ0n) is 10.9. The van der Waals surface area contributed by atoms with Crippen LogP contribution < -0.4 is 11.1 Å². The van der Waals surface area contributed by atoms with E-state index in [4.69, 9.17) is 17.3 Å². The second-order valence-electron chi connectivity index (χ2n) is 4.48. The van der Waals surface area contributed by atoms with E-state index in [9.17, 15) is 4.79 Å².